The van der Waals surface area contributed by atoms with Gasteiger partial charge in [0.25, 0.3) is 0 Å². The van der Waals surface area contributed by atoms with E-state index in [-0.39, 0.29) is 0 Å². The lowest BCUT2D eigenvalue weighted by molar-refractivity contribution is 0.413. The standard InChI is InChI=1S/C15H11ClNO/c1-18-15-10-12(16)6-7-14(15)17-9-8-11-4-2-3-5-13(11)17/h3-10H,1H3. The monoisotopic (exact) mass is 256 g/mol. The van der Waals surface area contributed by atoms with Gasteiger partial charge in [0.05, 0.1) is 18.3 Å². The van der Waals surface area contributed by atoms with E-state index in [1.54, 1.807) is 7.11 Å². The zero-order valence-electron chi connectivity index (χ0n) is 9.85. The van der Waals surface area contributed by atoms with Crippen LogP contribution in [0.1, 0.15) is 0 Å². The zero-order valence-corrected chi connectivity index (χ0v) is 10.6. The maximum atomic E-state index is 5.98. The first-order valence-corrected chi connectivity index (χ1v) is 5.98. The Labute approximate surface area is 110 Å². The number of fused-ring (bicyclic) bond motifs is 1. The third-order valence-corrected chi connectivity index (χ3v) is 3.17. The van der Waals surface area contributed by atoms with Gasteiger partial charge in [0.2, 0.25) is 0 Å². The third kappa shape index (κ3) is 1.75. The summed E-state index contributed by atoms with van der Waals surface area (Å²) >= 11 is 5.98. The molecule has 0 unspecified atom stereocenters. The topological polar surface area (TPSA) is 14.2 Å². The molecule has 0 bridgehead atoms. The second kappa shape index (κ2) is 4.39. The number of aromatic nitrogens is 1. The first-order chi connectivity index (χ1) is 8.79. The lowest BCUT2D eigenvalue weighted by Gasteiger charge is -2.11. The number of rotatable bonds is 2. The van der Waals surface area contributed by atoms with Gasteiger partial charge in [-0.1, -0.05) is 17.7 Å². The van der Waals surface area contributed by atoms with Crippen LogP contribution in [-0.4, -0.2) is 11.7 Å². The second-order valence-corrected chi connectivity index (χ2v) is 4.42. The molecule has 3 heteroatoms. The quantitative estimate of drug-likeness (QED) is 0.674. The minimum Gasteiger partial charge on any atom is -0.495 e. The van der Waals surface area contributed by atoms with Crippen LogP contribution in [0.4, 0.5) is 0 Å². The highest BCUT2D eigenvalue weighted by Gasteiger charge is 2.08. The molecule has 0 saturated heterocycles. The van der Waals surface area contributed by atoms with Crippen LogP contribution in [0, 0.1) is 6.07 Å². The highest BCUT2D eigenvalue weighted by Crippen LogP contribution is 2.29. The molecule has 2 aromatic carbocycles. The van der Waals surface area contributed by atoms with E-state index in [4.69, 9.17) is 16.3 Å². The van der Waals surface area contributed by atoms with Crippen molar-refractivity contribution in [3.8, 4) is 11.4 Å². The van der Waals surface area contributed by atoms with Gasteiger partial charge >= 0.3 is 0 Å². The Morgan fingerprint density at radius 1 is 1.22 bits per heavy atom. The Morgan fingerprint density at radius 3 is 2.94 bits per heavy atom. The van der Waals surface area contributed by atoms with Crippen molar-refractivity contribution in [1.29, 1.82) is 0 Å². The van der Waals surface area contributed by atoms with Crippen LogP contribution in [0.5, 0.6) is 5.75 Å². The summed E-state index contributed by atoms with van der Waals surface area (Å²) in [6.45, 7) is 0. The summed E-state index contributed by atoms with van der Waals surface area (Å²) in [7, 11) is 1.65. The van der Waals surface area contributed by atoms with Gasteiger partial charge < -0.3 is 9.30 Å². The van der Waals surface area contributed by atoms with Crippen molar-refractivity contribution in [3.05, 3.63) is 59.8 Å². The maximum absolute atomic E-state index is 5.98. The minimum atomic E-state index is 0.667. The predicted octanol–water partition coefficient (Wildman–Crippen LogP) is 4.09. The van der Waals surface area contributed by atoms with E-state index < -0.39 is 0 Å². The summed E-state index contributed by atoms with van der Waals surface area (Å²) in [5, 5.41) is 1.81. The molecular formula is C15H11ClNO. The Hall–Kier alpha value is -1.93. The van der Waals surface area contributed by atoms with E-state index in [9.17, 15) is 0 Å². The lowest BCUT2D eigenvalue weighted by atomic mass is 10.2. The number of halogens is 1. The highest BCUT2D eigenvalue weighted by molar-refractivity contribution is 6.30. The smallest absolute Gasteiger partial charge is 0.144 e. The first-order valence-electron chi connectivity index (χ1n) is 5.60. The molecule has 0 amide bonds. The Kier molecular flexibility index (Phi) is 2.73. The summed E-state index contributed by atoms with van der Waals surface area (Å²) in [6, 6.07) is 16.7. The minimum absolute atomic E-state index is 0.667. The van der Waals surface area contributed by atoms with Gasteiger partial charge in [-0.25, -0.2) is 0 Å². The molecule has 0 spiro atoms. The van der Waals surface area contributed by atoms with Gasteiger partial charge in [-0.3, -0.25) is 0 Å². The van der Waals surface area contributed by atoms with Crippen molar-refractivity contribution in [2.75, 3.05) is 7.11 Å². The molecule has 0 saturated carbocycles. The fourth-order valence-corrected chi connectivity index (χ4v) is 2.25. The van der Waals surface area contributed by atoms with Crippen LogP contribution < -0.4 is 4.74 Å². The number of hydrogen-bond donors (Lipinski definition) is 0. The molecule has 3 aromatic rings. The number of hydrogen-bond acceptors (Lipinski definition) is 1. The highest BCUT2D eigenvalue weighted by atomic mass is 35.5. The van der Waals surface area contributed by atoms with Crippen LogP contribution >= 0.6 is 11.6 Å². The maximum Gasteiger partial charge on any atom is 0.144 e. The number of benzene rings is 2. The van der Waals surface area contributed by atoms with E-state index in [2.05, 4.69) is 16.7 Å². The van der Waals surface area contributed by atoms with E-state index in [1.807, 2.05) is 42.6 Å². The van der Waals surface area contributed by atoms with Crippen molar-refractivity contribution in [2.24, 2.45) is 0 Å². The molecule has 1 radical (unpaired) electrons. The predicted molar refractivity (Wildman–Crippen MR) is 73.7 cm³/mol. The lowest BCUT2D eigenvalue weighted by Crippen LogP contribution is -1.96. The van der Waals surface area contributed by atoms with Gasteiger partial charge in [0.15, 0.2) is 0 Å². The number of nitrogens with zero attached hydrogens (tertiary/aromatic N) is 1. The second-order valence-electron chi connectivity index (χ2n) is 3.99. The average molecular weight is 257 g/mol. The number of methoxy groups -OCH3 is 1. The van der Waals surface area contributed by atoms with Gasteiger partial charge in [-0.05, 0) is 36.4 Å². The molecule has 18 heavy (non-hydrogen) atoms. The van der Waals surface area contributed by atoms with Crippen molar-refractivity contribution >= 4 is 22.5 Å². The third-order valence-electron chi connectivity index (χ3n) is 2.94. The molecule has 3 rings (SSSR count). The van der Waals surface area contributed by atoms with Crippen LogP contribution in [-0.2, 0) is 0 Å². The molecule has 0 fully saturated rings. The van der Waals surface area contributed by atoms with Crippen molar-refractivity contribution in [1.82, 2.24) is 4.57 Å². The molecule has 1 heterocycles. The Balaban J connectivity index is 2.26. The first kappa shape index (κ1) is 11.2. The average Bonchev–Trinajstić information content (AvgIpc) is 2.82. The zero-order chi connectivity index (χ0) is 12.5. The SMILES string of the molecule is COc1cc(Cl)ccc1-n1ccc2c[c]ccc21. The summed E-state index contributed by atoms with van der Waals surface area (Å²) in [5.74, 6) is 0.757. The van der Waals surface area contributed by atoms with E-state index in [1.165, 1.54) is 0 Å². The summed E-state index contributed by atoms with van der Waals surface area (Å²) in [6.07, 6.45) is 2.02. The molecule has 2 nitrogen and oxygen atoms in total. The van der Waals surface area contributed by atoms with Crippen molar-refractivity contribution in [2.45, 2.75) is 0 Å². The fraction of sp³-hybridized carbons (Fsp3) is 0.0667. The van der Waals surface area contributed by atoms with E-state index in [0.29, 0.717) is 5.02 Å². The van der Waals surface area contributed by atoms with Crippen molar-refractivity contribution < 1.29 is 4.74 Å². The fourth-order valence-electron chi connectivity index (χ4n) is 2.08. The molecule has 0 N–H and O–H groups in total. The Bertz CT molecular complexity index is 703. The van der Waals surface area contributed by atoms with Crippen molar-refractivity contribution in [3.63, 3.8) is 0 Å². The van der Waals surface area contributed by atoms with Crippen LogP contribution in [0.15, 0.2) is 48.7 Å². The molecular weight excluding hydrogens is 246 g/mol. The van der Waals surface area contributed by atoms with Crippen LogP contribution in [0.25, 0.3) is 16.6 Å². The molecule has 1 aromatic heterocycles. The van der Waals surface area contributed by atoms with E-state index >= 15 is 0 Å². The number of ether oxygens (including phenoxy) is 1. The largest absolute Gasteiger partial charge is 0.495 e. The van der Waals surface area contributed by atoms with E-state index in [0.717, 1.165) is 22.3 Å². The van der Waals surface area contributed by atoms with Crippen LogP contribution in [0.3, 0.4) is 0 Å². The molecule has 0 aliphatic heterocycles. The molecule has 0 aliphatic rings. The van der Waals surface area contributed by atoms with Gasteiger partial charge in [0, 0.05) is 22.7 Å². The summed E-state index contributed by atoms with van der Waals surface area (Å²) in [4.78, 5) is 0. The normalized spacial score (nSPS) is 10.8. The molecule has 89 valence electrons. The molecule has 0 aliphatic carbocycles. The van der Waals surface area contributed by atoms with Gasteiger partial charge in [-0.2, -0.15) is 0 Å². The van der Waals surface area contributed by atoms with Crippen LogP contribution in [0.2, 0.25) is 5.02 Å². The molecule has 0 atom stereocenters. The van der Waals surface area contributed by atoms with Gasteiger partial charge in [-0.15, -0.1) is 0 Å². The van der Waals surface area contributed by atoms with Gasteiger partial charge in [0.1, 0.15) is 5.75 Å². The summed E-state index contributed by atoms with van der Waals surface area (Å²) in [5.41, 5.74) is 2.09. The Morgan fingerprint density at radius 2 is 2.11 bits per heavy atom. The summed E-state index contributed by atoms with van der Waals surface area (Å²) < 4.78 is 7.47.